The highest BCUT2D eigenvalue weighted by molar-refractivity contribution is 5.96. The molecule has 0 saturated carbocycles. The number of hydrogen-bond acceptors (Lipinski definition) is 3. The van der Waals surface area contributed by atoms with Crippen molar-refractivity contribution in [2.75, 3.05) is 18.4 Å². The Hall–Kier alpha value is -1.59. The van der Waals surface area contributed by atoms with E-state index in [4.69, 9.17) is 0 Å². The molecule has 0 aromatic heterocycles. The minimum absolute atomic E-state index is 0. The Morgan fingerprint density at radius 1 is 1.17 bits per heavy atom. The van der Waals surface area contributed by atoms with Crippen LogP contribution in [0, 0.1) is 5.92 Å². The Morgan fingerprint density at radius 3 is 2.35 bits per heavy atom. The van der Waals surface area contributed by atoms with E-state index in [0.717, 1.165) is 31.6 Å². The van der Waals surface area contributed by atoms with E-state index >= 15 is 0 Å². The molecule has 1 heterocycles. The van der Waals surface area contributed by atoms with Crippen LogP contribution in [0.5, 0.6) is 0 Å². The van der Waals surface area contributed by atoms with Crippen molar-refractivity contribution in [1.82, 2.24) is 10.6 Å². The van der Waals surface area contributed by atoms with Crippen LogP contribution in [0.4, 0.5) is 5.69 Å². The number of halogens is 1. The van der Waals surface area contributed by atoms with Crippen molar-refractivity contribution in [3.05, 3.63) is 29.8 Å². The Bertz CT molecular complexity index is 532. The van der Waals surface area contributed by atoms with E-state index in [1.165, 1.54) is 0 Å². The lowest BCUT2D eigenvalue weighted by Gasteiger charge is -2.22. The van der Waals surface area contributed by atoms with Crippen molar-refractivity contribution in [2.45, 2.75) is 39.2 Å². The zero-order chi connectivity index (χ0) is 16.2. The van der Waals surface area contributed by atoms with Crippen molar-refractivity contribution >= 4 is 29.9 Å². The van der Waals surface area contributed by atoms with Crippen LogP contribution in [0.3, 0.4) is 0 Å². The van der Waals surface area contributed by atoms with Gasteiger partial charge in [0.1, 0.15) is 0 Å². The van der Waals surface area contributed by atoms with Crippen LogP contribution in [0.15, 0.2) is 24.3 Å². The zero-order valence-electron chi connectivity index (χ0n) is 13.9. The van der Waals surface area contributed by atoms with Crippen LogP contribution >= 0.6 is 12.4 Å². The molecule has 2 amide bonds. The summed E-state index contributed by atoms with van der Waals surface area (Å²) in [7, 11) is 0. The predicted molar refractivity (Wildman–Crippen MR) is 95.1 cm³/mol. The summed E-state index contributed by atoms with van der Waals surface area (Å²) in [6.07, 6.45) is 1.95. The van der Waals surface area contributed by atoms with Gasteiger partial charge in [0.05, 0.1) is 5.92 Å². The van der Waals surface area contributed by atoms with E-state index in [2.05, 4.69) is 16.0 Å². The summed E-state index contributed by atoms with van der Waals surface area (Å²) in [4.78, 5) is 24.2. The van der Waals surface area contributed by atoms with Crippen molar-refractivity contribution in [2.24, 2.45) is 5.92 Å². The maximum absolute atomic E-state index is 12.1. The second-order valence-corrected chi connectivity index (χ2v) is 6.81. The lowest BCUT2D eigenvalue weighted by Crippen LogP contribution is -2.40. The minimum Gasteiger partial charge on any atom is -0.347 e. The predicted octanol–water partition coefficient (Wildman–Crippen LogP) is 2.57. The van der Waals surface area contributed by atoms with Gasteiger partial charge in [0, 0.05) is 23.3 Å². The summed E-state index contributed by atoms with van der Waals surface area (Å²) in [6, 6.07) is 7.00. The molecule has 6 heteroatoms. The molecule has 1 aromatic carbocycles. The third kappa shape index (κ3) is 6.20. The number of benzene rings is 1. The third-order valence-corrected chi connectivity index (χ3v) is 3.57. The number of piperidine rings is 1. The van der Waals surface area contributed by atoms with Gasteiger partial charge < -0.3 is 16.0 Å². The molecule has 0 spiro atoms. The summed E-state index contributed by atoms with van der Waals surface area (Å²) in [5.41, 5.74) is 1.05. The maximum Gasteiger partial charge on any atom is 0.251 e. The largest absolute Gasteiger partial charge is 0.347 e. The number of carbonyl (C=O) groups is 2. The second-order valence-electron chi connectivity index (χ2n) is 6.81. The van der Waals surface area contributed by atoms with Crippen LogP contribution < -0.4 is 16.0 Å². The first kappa shape index (κ1) is 19.5. The molecule has 0 radical (unpaired) electrons. The van der Waals surface area contributed by atoms with E-state index < -0.39 is 0 Å². The molecular weight excluding hydrogens is 314 g/mol. The summed E-state index contributed by atoms with van der Waals surface area (Å²) in [5, 5.41) is 9.06. The highest BCUT2D eigenvalue weighted by Crippen LogP contribution is 2.15. The first-order valence-corrected chi connectivity index (χ1v) is 7.79. The molecule has 1 aliphatic heterocycles. The highest BCUT2D eigenvalue weighted by Gasteiger charge is 2.21. The van der Waals surface area contributed by atoms with Gasteiger partial charge in [0.2, 0.25) is 5.91 Å². The van der Waals surface area contributed by atoms with Gasteiger partial charge in [0.15, 0.2) is 0 Å². The van der Waals surface area contributed by atoms with Crippen molar-refractivity contribution in [3.8, 4) is 0 Å². The third-order valence-electron chi connectivity index (χ3n) is 3.57. The molecule has 128 valence electrons. The monoisotopic (exact) mass is 339 g/mol. The van der Waals surface area contributed by atoms with E-state index in [1.54, 1.807) is 24.3 Å². The molecule has 1 unspecified atom stereocenters. The molecular formula is C17H26ClN3O2. The molecule has 23 heavy (non-hydrogen) atoms. The van der Waals surface area contributed by atoms with Crippen LogP contribution in [0.25, 0.3) is 0 Å². The van der Waals surface area contributed by atoms with E-state index in [9.17, 15) is 9.59 Å². The van der Waals surface area contributed by atoms with Gasteiger partial charge in [-0.2, -0.15) is 0 Å². The molecule has 1 fully saturated rings. The van der Waals surface area contributed by atoms with Crippen LogP contribution in [0.1, 0.15) is 44.0 Å². The Morgan fingerprint density at radius 2 is 1.83 bits per heavy atom. The summed E-state index contributed by atoms with van der Waals surface area (Å²) in [6.45, 7) is 7.55. The smallest absolute Gasteiger partial charge is 0.251 e. The lowest BCUT2D eigenvalue weighted by molar-refractivity contribution is -0.120. The average Bonchev–Trinajstić information content (AvgIpc) is 2.47. The number of amides is 2. The fourth-order valence-corrected chi connectivity index (χ4v) is 2.44. The summed E-state index contributed by atoms with van der Waals surface area (Å²) in [5.74, 6) is -0.0430. The first-order chi connectivity index (χ1) is 10.3. The Kier molecular flexibility index (Phi) is 7.03. The zero-order valence-corrected chi connectivity index (χ0v) is 14.8. The molecule has 0 bridgehead atoms. The number of hydrogen-bond donors (Lipinski definition) is 3. The van der Waals surface area contributed by atoms with Gasteiger partial charge in [-0.15, -0.1) is 12.4 Å². The van der Waals surface area contributed by atoms with Crippen molar-refractivity contribution in [1.29, 1.82) is 0 Å². The number of rotatable bonds is 3. The van der Waals surface area contributed by atoms with Crippen molar-refractivity contribution in [3.63, 3.8) is 0 Å². The molecule has 0 aliphatic carbocycles. The fourth-order valence-electron chi connectivity index (χ4n) is 2.44. The molecule has 1 atom stereocenters. The lowest BCUT2D eigenvalue weighted by atomic mass is 9.99. The second kappa shape index (κ2) is 8.31. The van der Waals surface area contributed by atoms with Crippen LogP contribution in [-0.4, -0.2) is 30.4 Å². The number of carbonyl (C=O) groups excluding carboxylic acids is 2. The molecule has 3 N–H and O–H groups in total. The van der Waals surface area contributed by atoms with E-state index in [-0.39, 0.29) is 35.7 Å². The SMILES string of the molecule is CC(C)(C)NC(=O)c1ccc(NC(=O)C2CCCNC2)cc1.Cl. The van der Waals surface area contributed by atoms with Gasteiger partial charge >= 0.3 is 0 Å². The van der Waals surface area contributed by atoms with Gasteiger partial charge in [0.25, 0.3) is 5.91 Å². The quantitative estimate of drug-likeness (QED) is 0.792. The number of anilines is 1. The summed E-state index contributed by atoms with van der Waals surface area (Å²) >= 11 is 0. The Balaban J connectivity index is 0.00000264. The highest BCUT2D eigenvalue weighted by atomic mass is 35.5. The molecule has 1 aliphatic rings. The number of nitrogens with one attached hydrogen (secondary N) is 3. The maximum atomic E-state index is 12.1. The topological polar surface area (TPSA) is 70.2 Å². The molecule has 1 saturated heterocycles. The normalized spacial score (nSPS) is 17.8. The standard InChI is InChI=1S/C17H25N3O2.ClH/c1-17(2,3)20-16(22)12-6-8-14(9-7-12)19-15(21)13-5-4-10-18-11-13;/h6-9,13,18H,4-5,10-11H2,1-3H3,(H,19,21)(H,20,22);1H. The fraction of sp³-hybridized carbons (Fsp3) is 0.529. The first-order valence-electron chi connectivity index (χ1n) is 7.79. The van der Waals surface area contributed by atoms with E-state index in [1.807, 2.05) is 20.8 Å². The minimum atomic E-state index is -0.266. The Labute approximate surface area is 144 Å². The van der Waals surface area contributed by atoms with Gasteiger partial charge in [-0.05, 0) is 64.4 Å². The molecule has 2 rings (SSSR count). The summed E-state index contributed by atoms with van der Waals surface area (Å²) < 4.78 is 0. The average molecular weight is 340 g/mol. The molecule has 5 nitrogen and oxygen atoms in total. The van der Waals surface area contributed by atoms with Gasteiger partial charge in [-0.1, -0.05) is 0 Å². The molecule has 1 aromatic rings. The van der Waals surface area contributed by atoms with Crippen LogP contribution in [-0.2, 0) is 4.79 Å². The van der Waals surface area contributed by atoms with Crippen LogP contribution in [0.2, 0.25) is 0 Å². The van der Waals surface area contributed by atoms with Gasteiger partial charge in [-0.3, -0.25) is 9.59 Å². The van der Waals surface area contributed by atoms with Gasteiger partial charge in [-0.25, -0.2) is 0 Å². The van der Waals surface area contributed by atoms with Crippen molar-refractivity contribution < 1.29 is 9.59 Å². The van der Waals surface area contributed by atoms with E-state index in [0.29, 0.717) is 5.56 Å².